The van der Waals surface area contributed by atoms with Crippen molar-refractivity contribution in [1.82, 2.24) is 9.97 Å². The van der Waals surface area contributed by atoms with Gasteiger partial charge in [0.1, 0.15) is 5.52 Å². The first-order valence-electron chi connectivity index (χ1n) is 5.05. The van der Waals surface area contributed by atoms with Crippen LogP contribution in [0.4, 0.5) is 13.2 Å². The van der Waals surface area contributed by atoms with Gasteiger partial charge in [-0.1, -0.05) is 0 Å². The molecule has 0 fully saturated rings. The fourth-order valence-corrected chi connectivity index (χ4v) is 1.80. The molecule has 0 atom stereocenters. The van der Waals surface area contributed by atoms with E-state index in [1.54, 1.807) is 0 Å². The standard InChI is InChI=1S/C10H7F3N2O4S/c1-18-8-5-7(19-20(16,17)10(11,12)13)9-6(15-8)3-2-4-14-9/h2-5H,1H3. The third-order valence-electron chi connectivity index (χ3n) is 2.20. The number of rotatable bonds is 3. The summed E-state index contributed by atoms with van der Waals surface area (Å²) in [6, 6.07) is 3.83. The van der Waals surface area contributed by atoms with Crippen LogP contribution in [0.25, 0.3) is 11.0 Å². The van der Waals surface area contributed by atoms with Gasteiger partial charge in [0.25, 0.3) is 0 Å². The summed E-state index contributed by atoms with van der Waals surface area (Å²) < 4.78 is 67.9. The number of ether oxygens (including phenoxy) is 1. The molecule has 0 saturated carbocycles. The second-order valence-corrected chi connectivity index (χ2v) is 5.05. The van der Waals surface area contributed by atoms with Crippen LogP contribution in [0.1, 0.15) is 0 Å². The largest absolute Gasteiger partial charge is 0.534 e. The Labute approximate surface area is 111 Å². The van der Waals surface area contributed by atoms with E-state index in [0.717, 1.165) is 6.07 Å². The van der Waals surface area contributed by atoms with Crippen LogP contribution in [-0.4, -0.2) is 31.0 Å². The Bertz CT molecular complexity index is 746. The molecule has 2 aromatic rings. The summed E-state index contributed by atoms with van der Waals surface area (Å²) in [5.74, 6) is -0.706. The highest BCUT2D eigenvalue weighted by molar-refractivity contribution is 7.88. The van der Waals surface area contributed by atoms with Gasteiger partial charge in [-0.05, 0) is 12.1 Å². The Kier molecular flexibility index (Phi) is 3.42. The molecule has 0 aliphatic heterocycles. The van der Waals surface area contributed by atoms with Crippen LogP contribution in [0, 0.1) is 0 Å². The molecule has 0 spiro atoms. The Morgan fingerprint density at radius 3 is 2.60 bits per heavy atom. The average molecular weight is 308 g/mol. The molecule has 10 heteroatoms. The van der Waals surface area contributed by atoms with Crippen LogP contribution in [-0.2, 0) is 10.1 Å². The van der Waals surface area contributed by atoms with E-state index >= 15 is 0 Å². The van der Waals surface area contributed by atoms with Crippen molar-refractivity contribution in [3.05, 3.63) is 24.4 Å². The topological polar surface area (TPSA) is 78.4 Å². The highest BCUT2D eigenvalue weighted by atomic mass is 32.2. The summed E-state index contributed by atoms with van der Waals surface area (Å²) in [5, 5.41) is 0. The quantitative estimate of drug-likeness (QED) is 0.636. The molecular weight excluding hydrogens is 301 g/mol. The summed E-state index contributed by atoms with van der Waals surface area (Å²) in [6.07, 6.45) is 1.27. The van der Waals surface area contributed by atoms with E-state index in [0.29, 0.717) is 0 Å². The lowest BCUT2D eigenvalue weighted by Gasteiger charge is -2.11. The minimum absolute atomic E-state index is 0.0992. The van der Waals surface area contributed by atoms with Crippen molar-refractivity contribution in [3.63, 3.8) is 0 Å². The monoisotopic (exact) mass is 308 g/mol. The molecule has 2 rings (SSSR count). The normalized spacial score (nSPS) is 12.4. The first-order chi connectivity index (χ1) is 9.24. The Morgan fingerprint density at radius 2 is 2.00 bits per heavy atom. The van der Waals surface area contributed by atoms with Crippen molar-refractivity contribution in [2.75, 3.05) is 7.11 Å². The van der Waals surface area contributed by atoms with Gasteiger partial charge in [0.05, 0.1) is 12.6 Å². The van der Waals surface area contributed by atoms with Gasteiger partial charge >= 0.3 is 15.6 Å². The Morgan fingerprint density at radius 1 is 1.30 bits per heavy atom. The number of alkyl halides is 3. The highest BCUT2D eigenvalue weighted by Crippen LogP contribution is 2.32. The zero-order valence-corrected chi connectivity index (χ0v) is 10.7. The van der Waals surface area contributed by atoms with Gasteiger partial charge < -0.3 is 8.92 Å². The molecule has 0 radical (unpaired) electrons. The third kappa shape index (κ3) is 2.59. The Hall–Kier alpha value is -2.10. The number of hydrogen-bond donors (Lipinski definition) is 0. The summed E-state index contributed by atoms with van der Waals surface area (Å²) in [6.45, 7) is 0. The SMILES string of the molecule is COc1cc(OS(=O)(=O)C(F)(F)F)c2ncccc2n1. The van der Waals surface area contributed by atoms with E-state index in [2.05, 4.69) is 14.2 Å². The molecule has 20 heavy (non-hydrogen) atoms. The van der Waals surface area contributed by atoms with Crippen molar-refractivity contribution in [3.8, 4) is 11.6 Å². The number of fused-ring (bicyclic) bond motifs is 1. The van der Waals surface area contributed by atoms with Gasteiger partial charge in [0, 0.05) is 12.3 Å². The number of hydrogen-bond acceptors (Lipinski definition) is 6. The lowest BCUT2D eigenvalue weighted by Crippen LogP contribution is -2.28. The summed E-state index contributed by atoms with van der Waals surface area (Å²) >= 11 is 0. The number of halogens is 3. The van der Waals surface area contributed by atoms with Crippen LogP contribution in [0.5, 0.6) is 11.6 Å². The number of aromatic nitrogens is 2. The molecule has 2 heterocycles. The summed E-state index contributed by atoms with van der Waals surface area (Å²) in [5.41, 5.74) is -5.52. The zero-order valence-electron chi connectivity index (χ0n) is 9.88. The molecule has 2 aromatic heterocycles. The van der Waals surface area contributed by atoms with E-state index in [4.69, 9.17) is 4.74 Å². The molecule has 0 aromatic carbocycles. The van der Waals surface area contributed by atoms with Crippen molar-refractivity contribution < 1.29 is 30.5 Å². The van der Waals surface area contributed by atoms with Crippen LogP contribution in [0.3, 0.4) is 0 Å². The number of nitrogens with zero attached hydrogens (tertiary/aromatic N) is 2. The summed E-state index contributed by atoms with van der Waals surface area (Å²) in [7, 11) is -4.56. The molecule has 0 bridgehead atoms. The molecule has 0 unspecified atom stereocenters. The minimum atomic E-state index is -5.79. The molecule has 108 valence electrons. The van der Waals surface area contributed by atoms with E-state index in [9.17, 15) is 21.6 Å². The van der Waals surface area contributed by atoms with Gasteiger partial charge in [0.15, 0.2) is 5.75 Å². The fourth-order valence-electron chi connectivity index (χ4n) is 1.34. The van der Waals surface area contributed by atoms with E-state index < -0.39 is 21.4 Å². The molecule has 0 saturated heterocycles. The molecule has 0 aliphatic rings. The minimum Gasteiger partial charge on any atom is -0.481 e. The van der Waals surface area contributed by atoms with Gasteiger partial charge in [-0.3, -0.25) is 4.98 Å². The van der Waals surface area contributed by atoms with E-state index in [1.807, 2.05) is 0 Å². The van der Waals surface area contributed by atoms with Crippen molar-refractivity contribution >= 4 is 21.2 Å². The molecule has 0 amide bonds. The molecule has 6 nitrogen and oxygen atoms in total. The highest BCUT2D eigenvalue weighted by Gasteiger charge is 2.48. The molecular formula is C10H7F3N2O4S. The maximum Gasteiger partial charge on any atom is 0.534 e. The van der Waals surface area contributed by atoms with E-state index in [-0.39, 0.29) is 16.9 Å². The van der Waals surface area contributed by atoms with Crippen molar-refractivity contribution in [2.45, 2.75) is 5.51 Å². The van der Waals surface area contributed by atoms with Crippen LogP contribution in [0.15, 0.2) is 24.4 Å². The average Bonchev–Trinajstić information content (AvgIpc) is 2.36. The lowest BCUT2D eigenvalue weighted by atomic mass is 10.3. The molecule has 0 aliphatic carbocycles. The molecule has 0 N–H and O–H groups in total. The van der Waals surface area contributed by atoms with Gasteiger partial charge in [0.2, 0.25) is 5.88 Å². The van der Waals surface area contributed by atoms with Gasteiger partial charge in [-0.25, -0.2) is 4.98 Å². The Balaban J connectivity index is 2.59. The zero-order chi connectivity index (χ0) is 15.0. The third-order valence-corrected chi connectivity index (χ3v) is 3.16. The number of methoxy groups -OCH3 is 1. The predicted octanol–water partition coefficient (Wildman–Crippen LogP) is 1.87. The smallest absolute Gasteiger partial charge is 0.481 e. The first-order valence-corrected chi connectivity index (χ1v) is 6.46. The fraction of sp³-hybridized carbons (Fsp3) is 0.200. The summed E-state index contributed by atoms with van der Waals surface area (Å²) in [4.78, 5) is 7.65. The second-order valence-electron chi connectivity index (χ2n) is 3.52. The van der Waals surface area contributed by atoms with Crippen molar-refractivity contribution in [1.29, 1.82) is 0 Å². The van der Waals surface area contributed by atoms with Crippen LogP contribution >= 0.6 is 0 Å². The predicted molar refractivity (Wildman–Crippen MR) is 61.7 cm³/mol. The second kappa shape index (κ2) is 4.78. The number of pyridine rings is 2. The van der Waals surface area contributed by atoms with Crippen LogP contribution < -0.4 is 8.92 Å². The van der Waals surface area contributed by atoms with E-state index in [1.165, 1.54) is 25.4 Å². The maximum atomic E-state index is 12.3. The lowest BCUT2D eigenvalue weighted by molar-refractivity contribution is -0.0499. The first kappa shape index (κ1) is 14.3. The maximum absolute atomic E-state index is 12.3. The van der Waals surface area contributed by atoms with Gasteiger partial charge in [-0.15, -0.1) is 0 Å². The van der Waals surface area contributed by atoms with Crippen molar-refractivity contribution in [2.24, 2.45) is 0 Å². The van der Waals surface area contributed by atoms with Crippen LogP contribution in [0.2, 0.25) is 0 Å². The van der Waals surface area contributed by atoms with Gasteiger partial charge in [-0.2, -0.15) is 21.6 Å².